The van der Waals surface area contributed by atoms with Crippen molar-refractivity contribution in [1.29, 1.82) is 0 Å². The van der Waals surface area contributed by atoms with Gasteiger partial charge in [-0.2, -0.15) is 0 Å². The first-order chi connectivity index (χ1) is 6.90. The summed E-state index contributed by atoms with van der Waals surface area (Å²) in [7, 11) is 0. The molecule has 0 aliphatic rings. The highest BCUT2D eigenvalue weighted by molar-refractivity contribution is 5.53. The summed E-state index contributed by atoms with van der Waals surface area (Å²) < 4.78 is 0. The molecule has 0 amide bonds. The van der Waals surface area contributed by atoms with Crippen molar-refractivity contribution in [1.82, 2.24) is 15.0 Å². The molecule has 2 rings (SSSR count). The number of hydrogen-bond donors (Lipinski definition) is 1. The zero-order valence-electron chi connectivity index (χ0n) is 7.46. The van der Waals surface area contributed by atoms with Crippen LogP contribution in [0.4, 0.5) is 0 Å². The predicted molar refractivity (Wildman–Crippen MR) is 51.2 cm³/mol. The van der Waals surface area contributed by atoms with E-state index >= 15 is 0 Å². The lowest BCUT2D eigenvalue weighted by atomic mass is 10.2. The van der Waals surface area contributed by atoms with E-state index in [4.69, 9.17) is 5.11 Å². The van der Waals surface area contributed by atoms with Crippen LogP contribution < -0.4 is 0 Å². The van der Waals surface area contributed by atoms with Crippen molar-refractivity contribution < 1.29 is 5.11 Å². The van der Waals surface area contributed by atoms with Crippen molar-refractivity contribution in [3.05, 3.63) is 42.5 Å². The summed E-state index contributed by atoms with van der Waals surface area (Å²) in [6.45, 7) is -0.0688. The van der Waals surface area contributed by atoms with Crippen LogP contribution in [-0.4, -0.2) is 20.1 Å². The Kier molecular flexibility index (Phi) is 2.46. The third-order valence-electron chi connectivity index (χ3n) is 1.81. The van der Waals surface area contributed by atoms with Crippen LogP contribution in [0.2, 0.25) is 0 Å². The Bertz CT molecular complexity index is 417. The monoisotopic (exact) mass is 187 g/mol. The number of hydrogen-bond acceptors (Lipinski definition) is 4. The molecule has 1 N–H and O–H groups in total. The number of aliphatic hydroxyl groups is 1. The number of pyridine rings is 1. The number of rotatable bonds is 2. The first kappa shape index (κ1) is 8.77. The second kappa shape index (κ2) is 3.93. The van der Waals surface area contributed by atoms with Gasteiger partial charge in [0, 0.05) is 24.2 Å². The fraction of sp³-hybridized carbons (Fsp3) is 0.100. The van der Waals surface area contributed by atoms with Crippen LogP contribution in [0.3, 0.4) is 0 Å². The maximum absolute atomic E-state index is 8.91. The Morgan fingerprint density at radius 2 is 1.86 bits per heavy atom. The highest BCUT2D eigenvalue weighted by atomic mass is 16.3. The van der Waals surface area contributed by atoms with Gasteiger partial charge in [0.1, 0.15) is 0 Å². The van der Waals surface area contributed by atoms with E-state index in [1.165, 1.54) is 0 Å². The van der Waals surface area contributed by atoms with Crippen LogP contribution in [-0.2, 0) is 6.61 Å². The minimum absolute atomic E-state index is 0.0688. The minimum atomic E-state index is -0.0688. The third-order valence-corrected chi connectivity index (χ3v) is 1.81. The fourth-order valence-corrected chi connectivity index (χ4v) is 1.12. The summed E-state index contributed by atoms with van der Waals surface area (Å²) in [5, 5.41) is 8.91. The minimum Gasteiger partial charge on any atom is -0.390 e. The summed E-state index contributed by atoms with van der Waals surface area (Å²) in [5.74, 6) is 0.610. The fourth-order valence-electron chi connectivity index (χ4n) is 1.12. The first-order valence-corrected chi connectivity index (χ1v) is 4.23. The van der Waals surface area contributed by atoms with Crippen LogP contribution in [0.5, 0.6) is 0 Å². The van der Waals surface area contributed by atoms with Crippen molar-refractivity contribution in [3.8, 4) is 11.4 Å². The van der Waals surface area contributed by atoms with Gasteiger partial charge in [0.05, 0.1) is 12.3 Å². The molecule has 2 aromatic heterocycles. The molecule has 0 saturated carbocycles. The average Bonchev–Trinajstić information content (AvgIpc) is 2.30. The van der Waals surface area contributed by atoms with Gasteiger partial charge in [0.15, 0.2) is 5.82 Å². The van der Waals surface area contributed by atoms with E-state index in [9.17, 15) is 0 Å². The molecule has 0 bridgehead atoms. The topological polar surface area (TPSA) is 58.9 Å². The first-order valence-electron chi connectivity index (χ1n) is 4.23. The van der Waals surface area contributed by atoms with E-state index in [1.54, 1.807) is 24.7 Å². The average molecular weight is 187 g/mol. The maximum Gasteiger partial charge on any atom is 0.159 e. The van der Waals surface area contributed by atoms with Crippen molar-refractivity contribution in [2.75, 3.05) is 0 Å². The summed E-state index contributed by atoms with van der Waals surface area (Å²) in [6.07, 6.45) is 5.00. The molecule has 70 valence electrons. The third kappa shape index (κ3) is 1.75. The molecule has 14 heavy (non-hydrogen) atoms. The maximum atomic E-state index is 8.91. The zero-order chi connectivity index (χ0) is 9.80. The Labute approximate surface area is 81.3 Å². The Morgan fingerprint density at radius 1 is 1.07 bits per heavy atom. The molecule has 4 heteroatoms. The van der Waals surface area contributed by atoms with E-state index in [2.05, 4.69) is 15.0 Å². The van der Waals surface area contributed by atoms with Gasteiger partial charge in [-0.1, -0.05) is 0 Å². The molecule has 0 saturated heterocycles. The van der Waals surface area contributed by atoms with Gasteiger partial charge >= 0.3 is 0 Å². The number of nitrogens with zero attached hydrogens (tertiary/aromatic N) is 3. The molecule has 0 aliphatic heterocycles. The molecule has 0 aromatic carbocycles. The van der Waals surface area contributed by atoms with E-state index in [0.29, 0.717) is 11.5 Å². The van der Waals surface area contributed by atoms with E-state index in [0.717, 1.165) is 5.56 Å². The van der Waals surface area contributed by atoms with E-state index in [-0.39, 0.29) is 6.61 Å². The van der Waals surface area contributed by atoms with Crippen LogP contribution in [0.1, 0.15) is 5.69 Å². The lowest BCUT2D eigenvalue weighted by Gasteiger charge is -2.00. The molecular weight excluding hydrogens is 178 g/mol. The number of aliphatic hydroxyl groups excluding tert-OH is 1. The zero-order valence-corrected chi connectivity index (χ0v) is 7.46. The van der Waals surface area contributed by atoms with Gasteiger partial charge in [0.2, 0.25) is 0 Å². The Balaban J connectivity index is 2.42. The molecule has 0 atom stereocenters. The second-order valence-electron chi connectivity index (χ2n) is 2.77. The predicted octanol–water partition coefficient (Wildman–Crippen LogP) is 1.03. The normalized spacial score (nSPS) is 10.1. The van der Waals surface area contributed by atoms with Crippen molar-refractivity contribution in [2.45, 2.75) is 6.61 Å². The summed E-state index contributed by atoms with van der Waals surface area (Å²) in [6, 6.07) is 5.34. The lowest BCUT2D eigenvalue weighted by Crippen LogP contribution is -1.94. The van der Waals surface area contributed by atoms with E-state index < -0.39 is 0 Å². The molecular formula is C10H9N3O. The highest BCUT2D eigenvalue weighted by Gasteiger charge is 2.00. The van der Waals surface area contributed by atoms with Crippen LogP contribution in [0, 0.1) is 0 Å². The molecule has 0 unspecified atom stereocenters. The van der Waals surface area contributed by atoms with Crippen LogP contribution >= 0.6 is 0 Å². The lowest BCUT2D eigenvalue weighted by molar-refractivity contribution is 0.277. The van der Waals surface area contributed by atoms with Gasteiger partial charge in [-0.15, -0.1) is 0 Å². The van der Waals surface area contributed by atoms with Gasteiger partial charge < -0.3 is 5.11 Å². The van der Waals surface area contributed by atoms with Gasteiger partial charge in [-0.25, -0.2) is 9.97 Å². The highest BCUT2D eigenvalue weighted by Crippen LogP contribution is 2.12. The summed E-state index contributed by atoms with van der Waals surface area (Å²) in [4.78, 5) is 12.2. The summed E-state index contributed by atoms with van der Waals surface area (Å²) >= 11 is 0. The van der Waals surface area contributed by atoms with Crippen molar-refractivity contribution >= 4 is 0 Å². The molecule has 0 radical (unpaired) electrons. The molecule has 0 aliphatic carbocycles. The van der Waals surface area contributed by atoms with Gasteiger partial charge in [-0.3, -0.25) is 4.98 Å². The van der Waals surface area contributed by atoms with Gasteiger partial charge in [0.25, 0.3) is 0 Å². The molecule has 0 fully saturated rings. The largest absolute Gasteiger partial charge is 0.390 e. The van der Waals surface area contributed by atoms with E-state index in [1.807, 2.05) is 12.1 Å². The molecule has 2 aromatic rings. The Hall–Kier alpha value is -1.81. The molecule has 2 heterocycles. The molecule has 4 nitrogen and oxygen atoms in total. The molecule has 0 spiro atoms. The smallest absolute Gasteiger partial charge is 0.159 e. The Morgan fingerprint density at radius 3 is 2.57 bits per heavy atom. The van der Waals surface area contributed by atoms with Gasteiger partial charge in [-0.05, 0) is 18.2 Å². The summed E-state index contributed by atoms with van der Waals surface area (Å²) in [5.41, 5.74) is 1.52. The quantitative estimate of drug-likeness (QED) is 0.762. The van der Waals surface area contributed by atoms with Crippen molar-refractivity contribution in [2.24, 2.45) is 0 Å². The van der Waals surface area contributed by atoms with Crippen LogP contribution in [0.25, 0.3) is 11.4 Å². The standard InChI is InChI=1S/C10H9N3O/c14-7-9-3-6-12-10(13-9)8-1-4-11-5-2-8/h1-6,14H,7H2. The number of aromatic nitrogens is 3. The van der Waals surface area contributed by atoms with Crippen LogP contribution in [0.15, 0.2) is 36.8 Å². The van der Waals surface area contributed by atoms with Crippen molar-refractivity contribution in [3.63, 3.8) is 0 Å². The SMILES string of the molecule is OCc1ccnc(-c2ccncc2)n1. The second-order valence-corrected chi connectivity index (χ2v) is 2.77.